The zero-order valence-electron chi connectivity index (χ0n) is 12.6. The molecule has 2 aromatic heterocycles. The Labute approximate surface area is 123 Å². The quantitative estimate of drug-likeness (QED) is 0.731. The summed E-state index contributed by atoms with van der Waals surface area (Å²) in [5, 5.41) is 23.9. The average molecular weight is 291 g/mol. The summed E-state index contributed by atoms with van der Waals surface area (Å²) < 4.78 is 1.61. The first-order valence-corrected chi connectivity index (χ1v) is 6.96. The maximum absolute atomic E-state index is 12.0. The number of aromatic nitrogens is 4. The van der Waals surface area contributed by atoms with Crippen molar-refractivity contribution >= 4 is 5.91 Å². The average Bonchev–Trinajstić information content (AvgIpc) is 3.06. The fourth-order valence-electron chi connectivity index (χ4n) is 2.02. The summed E-state index contributed by atoms with van der Waals surface area (Å²) in [4.78, 5) is 12.0. The van der Waals surface area contributed by atoms with Crippen LogP contribution in [0.4, 0.5) is 0 Å². The van der Waals surface area contributed by atoms with Gasteiger partial charge in [0.25, 0.3) is 5.91 Å². The van der Waals surface area contributed by atoms with Crippen molar-refractivity contribution < 1.29 is 9.90 Å². The number of hydrogen-bond donors (Lipinski definition) is 3. The number of amides is 1. The minimum absolute atomic E-state index is 0.0908. The van der Waals surface area contributed by atoms with Gasteiger partial charge in [-0.3, -0.25) is 14.6 Å². The van der Waals surface area contributed by atoms with Crippen LogP contribution in [0, 0.1) is 0 Å². The topological polar surface area (TPSA) is 95.8 Å². The summed E-state index contributed by atoms with van der Waals surface area (Å²) in [7, 11) is 1.77. The van der Waals surface area contributed by atoms with E-state index in [2.05, 4.69) is 27.5 Å². The molecule has 2 aromatic rings. The predicted octanol–water partition coefficient (Wildman–Crippen LogP) is 0.733. The Balaban J connectivity index is 1.96. The van der Waals surface area contributed by atoms with Gasteiger partial charge in [-0.2, -0.15) is 10.2 Å². The summed E-state index contributed by atoms with van der Waals surface area (Å²) >= 11 is 0. The van der Waals surface area contributed by atoms with E-state index in [0.29, 0.717) is 11.3 Å². The fourth-order valence-corrected chi connectivity index (χ4v) is 2.02. The van der Waals surface area contributed by atoms with Gasteiger partial charge in [0, 0.05) is 24.5 Å². The second kappa shape index (κ2) is 6.09. The first-order valence-electron chi connectivity index (χ1n) is 6.96. The van der Waals surface area contributed by atoms with E-state index < -0.39 is 5.60 Å². The van der Waals surface area contributed by atoms with E-state index in [4.69, 9.17) is 0 Å². The van der Waals surface area contributed by atoms with Crippen LogP contribution in [0.25, 0.3) is 0 Å². The zero-order chi connectivity index (χ0) is 15.5. The van der Waals surface area contributed by atoms with Crippen LogP contribution in [0.15, 0.2) is 18.5 Å². The number of aliphatic hydroxyl groups is 1. The standard InChI is InChI=1S/C14H21N5O2/c1-4-5-11-6-12(18-17-11)13(20)15-9-14(2,21)10-7-16-19(3)8-10/h6-8,21H,4-5,9H2,1-3H3,(H,15,20)(H,17,18)/t14-/m1/s1. The number of carbonyl (C=O) groups is 1. The highest BCUT2D eigenvalue weighted by atomic mass is 16.3. The van der Waals surface area contributed by atoms with Crippen LogP contribution >= 0.6 is 0 Å². The van der Waals surface area contributed by atoms with Crippen LogP contribution in [0.2, 0.25) is 0 Å². The number of hydrogen-bond acceptors (Lipinski definition) is 4. The lowest BCUT2D eigenvalue weighted by molar-refractivity contribution is 0.0524. The van der Waals surface area contributed by atoms with E-state index in [1.807, 2.05) is 0 Å². The molecule has 7 nitrogen and oxygen atoms in total. The Morgan fingerprint density at radius 3 is 2.95 bits per heavy atom. The van der Waals surface area contributed by atoms with Gasteiger partial charge >= 0.3 is 0 Å². The third-order valence-electron chi connectivity index (χ3n) is 3.30. The molecule has 0 saturated carbocycles. The van der Waals surface area contributed by atoms with Gasteiger partial charge in [0.2, 0.25) is 0 Å². The molecule has 0 unspecified atom stereocenters. The number of nitrogens with one attached hydrogen (secondary N) is 2. The van der Waals surface area contributed by atoms with Crippen LogP contribution < -0.4 is 5.32 Å². The number of aromatic amines is 1. The van der Waals surface area contributed by atoms with Gasteiger partial charge < -0.3 is 10.4 Å². The smallest absolute Gasteiger partial charge is 0.271 e. The van der Waals surface area contributed by atoms with Crippen LogP contribution in [-0.4, -0.2) is 37.5 Å². The third-order valence-corrected chi connectivity index (χ3v) is 3.30. The van der Waals surface area contributed by atoms with Crippen molar-refractivity contribution in [3.8, 4) is 0 Å². The van der Waals surface area contributed by atoms with Crippen molar-refractivity contribution in [3.63, 3.8) is 0 Å². The van der Waals surface area contributed by atoms with E-state index in [1.165, 1.54) is 0 Å². The molecule has 1 amide bonds. The van der Waals surface area contributed by atoms with Gasteiger partial charge in [-0.25, -0.2) is 0 Å². The Morgan fingerprint density at radius 1 is 1.57 bits per heavy atom. The van der Waals surface area contributed by atoms with E-state index in [1.54, 1.807) is 37.1 Å². The van der Waals surface area contributed by atoms with Gasteiger partial charge in [-0.05, 0) is 19.4 Å². The van der Waals surface area contributed by atoms with Crippen molar-refractivity contribution in [2.45, 2.75) is 32.3 Å². The second-order valence-electron chi connectivity index (χ2n) is 5.39. The predicted molar refractivity (Wildman–Crippen MR) is 77.7 cm³/mol. The van der Waals surface area contributed by atoms with Gasteiger partial charge in [-0.1, -0.05) is 13.3 Å². The first-order chi connectivity index (χ1) is 9.92. The first kappa shape index (κ1) is 15.2. The molecule has 7 heteroatoms. The Kier molecular flexibility index (Phi) is 4.42. The van der Waals surface area contributed by atoms with E-state index in [9.17, 15) is 9.90 Å². The maximum atomic E-state index is 12.0. The van der Waals surface area contributed by atoms with E-state index in [-0.39, 0.29) is 12.5 Å². The number of rotatable bonds is 6. The van der Waals surface area contributed by atoms with Gasteiger partial charge in [-0.15, -0.1) is 0 Å². The molecular formula is C14H21N5O2. The lowest BCUT2D eigenvalue weighted by Crippen LogP contribution is -2.38. The Bertz CT molecular complexity index is 614. The number of aryl methyl sites for hydroxylation is 2. The summed E-state index contributed by atoms with van der Waals surface area (Å²) in [6.45, 7) is 3.79. The molecule has 1 atom stereocenters. The summed E-state index contributed by atoms with van der Waals surface area (Å²) in [6, 6.07) is 1.73. The van der Waals surface area contributed by atoms with E-state index >= 15 is 0 Å². The molecule has 114 valence electrons. The van der Waals surface area contributed by atoms with Crippen LogP contribution in [-0.2, 0) is 19.1 Å². The van der Waals surface area contributed by atoms with Gasteiger partial charge in [0.05, 0.1) is 12.7 Å². The summed E-state index contributed by atoms with van der Waals surface area (Å²) in [5.74, 6) is -0.308. The molecule has 0 fully saturated rings. The molecule has 2 heterocycles. The minimum atomic E-state index is -1.17. The molecule has 0 aromatic carbocycles. The molecular weight excluding hydrogens is 270 g/mol. The summed E-state index contributed by atoms with van der Waals surface area (Å²) in [5.41, 5.74) is 0.744. The second-order valence-corrected chi connectivity index (χ2v) is 5.39. The molecule has 0 aliphatic carbocycles. The summed E-state index contributed by atoms with van der Waals surface area (Å²) in [6.07, 6.45) is 5.15. The molecule has 0 aliphatic rings. The largest absolute Gasteiger partial charge is 0.383 e. The Hall–Kier alpha value is -2.15. The molecule has 0 radical (unpaired) electrons. The van der Waals surface area contributed by atoms with Crippen molar-refractivity contribution in [1.82, 2.24) is 25.3 Å². The Morgan fingerprint density at radius 2 is 2.33 bits per heavy atom. The van der Waals surface area contributed by atoms with Crippen LogP contribution in [0.5, 0.6) is 0 Å². The van der Waals surface area contributed by atoms with E-state index in [0.717, 1.165) is 18.5 Å². The highest BCUT2D eigenvalue weighted by Gasteiger charge is 2.26. The molecule has 0 saturated heterocycles. The molecule has 0 aliphatic heterocycles. The molecule has 2 rings (SSSR count). The molecule has 0 spiro atoms. The van der Waals surface area contributed by atoms with Crippen molar-refractivity contribution in [1.29, 1.82) is 0 Å². The van der Waals surface area contributed by atoms with Crippen molar-refractivity contribution in [3.05, 3.63) is 35.4 Å². The normalized spacial score (nSPS) is 13.9. The fraction of sp³-hybridized carbons (Fsp3) is 0.500. The highest BCUT2D eigenvalue weighted by molar-refractivity contribution is 5.92. The molecule has 21 heavy (non-hydrogen) atoms. The van der Waals surface area contributed by atoms with Crippen LogP contribution in [0.1, 0.15) is 42.0 Å². The number of carbonyl (C=O) groups excluding carboxylic acids is 1. The van der Waals surface area contributed by atoms with Crippen LogP contribution in [0.3, 0.4) is 0 Å². The van der Waals surface area contributed by atoms with Crippen molar-refractivity contribution in [2.75, 3.05) is 6.54 Å². The lowest BCUT2D eigenvalue weighted by Gasteiger charge is -2.21. The third kappa shape index (κ3) is 3.69. The minimum Gasteiger partial charge on any atom is -0.383 e. The SMILES string of the molecule is CCCc1cc(C(=O)NC[C@@](C)(O)c2cnn(C)c2)n[nH]1. The number of nitrogens with zero attached hydrogens (tertiary/aromatic N) is 3. The lowest BCUT2D eigenvalue weighted by atomic mass is 10.00. The monoisotopic (exact) mass is 291 g/mol. The van der Waals surface area contributed by atoms with Gasteiger partial charge in [0.15, 0.2) is 0 Å². The molecule has 0 bridgehead atoms. The zero-order valence-corrected chi connectivity index (χ0v) is 12.6. The molecule has 3 N–H and O–H groups in total. The number of H-pyrrole nitrogens is 1. The highest BCUT2D eigenvalue weighted by Crippen LogP contribution is 2.18. The van der Waals surface area contributed by atoms with Crippen molar-refractivity contribution in [2.24, 2.45) is 7.05 Å². The maximum Gasteiger partial charge on any atom is 0.271 e. The van der Waals surface area contributed by atoms with Gasteiger partial charge in [0.1, 0.15) is 11.3 Å².